The molecule has 2 aromatic rings. The fraction of sp³-hybridized carbons (Fsp3) is 0.417. The van der Waals surface area contributed by atoms with Gasteiger partial charge < -0.3 is 24.2 Å². The van der Waals surface area contributed by atoms with Gasteiger partial charge >= 0.3 is 5.97 Å². The number of methoxy groups -OCH3 is 1. The molecule has 1 amide bonds. The molecule has 3 aliphatic heterocycles. The maximum absolute atomic E-state index is 12.8. The Morgan fingerprint density at radius 1 is 1.28 bits per heavy atom. The number of anilines is 1. The summed E-state index contributed by atoms with van der Waals surface area (Å²) in [6, 6.07) is 10.0. The molecule has 3 heterocycles. The highest BCUT2D eigenvalue weighted by atomic mass is 32.2. The summed E-state index contributed by atoms with van der Waals surface area (Å²) in [5.74, 6) is -1.34. The average molecular weight is 455 g/mol. The van der Waals surface area contributed by atoms with Crippen molar-refractivity contribution in [2.75, 3.05) is 24.6 Å². The molecule has 0 aliphatic carbocycles. The first-order valence-electron chi connectivity index (χ1n) is 10.8. The SMILES string of the molecule is COC(=O)C1=C(CN2Sc3c(CCO)ccc4cccc2c34)C(C)C2C(C(C)O)C(=O)N12. The predicted molar refractivity (Wildman–Crippen MR) is 122 cm³/mol. The van der Waals surface area contributed by atoms with Gasteiger partial charge in [0, 0.05) is 22.8 Å². The molecule has 4 unspecified atom stereocenters. The number of amides is 1. The summed E-state index contributed by atoms with van der Waals surface area (Å²) in [6.45, 7) is 4.17. The molecule has 0 bridgehead atoms. The standard InChI is InChI=1S/C24H26N2O5S/c1-12-16(21(24(30)31-3)26-20(12)18(13(2)28)23(26)29)11-25-17-6-4-5-14-7-8-15(9-10-27)22(32-25)19(14)17/h4-8,12-13,18,20,27-28H,9-11H2,1-3H3. The Bertz CT molecular complexity index is 1160. The highest BCUT2D eigenvalue weighted by Gasteiger charge is 2.60. The van der Waals surface area contributed by atoms with Gasteiger partial charge in [-0.05, 0) is 47.9 Å². The number of hydrogen-bond acceptors (Lipinski definition) is 7. The predicted octanol–water partition coefficient (Wildman–Crippen LogP) is 2.49. The van der Waals surface area contributed by atoms with Gasteiger partial charge in [-0.25, -0.2) is 4.79 Å². The number of aliphatic hydroxyl groups excluding tert-OH is 2. The van der Waals surface area contributed by atoms with Crippen LogP contribution in [0.4, 0.5) is 5.69 Å². The van der Waals surface area contributed by atoms with E-state index in [4.69, 9.17) is 4.74 Å². The van der Waals surface area contributed by atoms with E-state index in [1.165, 1.54) is 12.0 Å². The largest absolute Gasteiger partial charge is 0.464 e. The first-order valence-corrected chi connectivity index (χ1v) is 11.6. The summed E-state index contributed by atoms with van der Waals surface area (Å²) in [5.41, 5.74) is 3.30. The summed E-state index contributed by atoms with van der Waals surface area (Å²) in [7, 11) is 1.32. The van der Waals surface area contributed by atoms with Gasteiger partial charge in [-0.2, -0.15) is 0 Å². The van der Waals surface area contributed by atoms with Gasteiger partial charge in [0.25, 0.3) is 0 Å². The molecule has 5 rings (SSSR count). The van der Waals surface area contributed by atoms with Gasteiger partial charge in [0.05, 0.1) is 37.4 Å². The Morgan fingerprint density at radius 2 is 2.06 bits per heavy atom. The maximum atomic E-state index is 12.8. The Hall–Kier alpha value is -2.55. The fourth-order valence-corrected chi connectivity index (χ4v) is 6.65. The molecule has 168 valence electrons. The lowest BCUT2D eigenvalue weighted by Gasteiger charge is -2.46. The Kier molecular flexibility index (Phi) is 5.19. The number of hydrogen-bond donors (Lipinski definition) is 2. The van der Waals surface area contributed by atoms with Gasteiger partial charge in [-0.3, -0.25) is 4.79 Å². The lowest BCUT2D eigenvalue weighted by molar-refractivity contribution is -0.163. The quantitative estimate of drug-likeness (QED) is 0.394. The van der Waals surface area contributed by atoms with Crippen LogP contribution in [0.3, 0.4) is 0 Å². The van der Waals surface area contributed by atoms with Crippen molar-refractivity contribution in [1.82, 2.24) is 4.90 Å². The molecular formula is C24H26N2O5S. The molecule has 4 atom stereocenters. The number of ether oxygens (including phenoxy) is 1. The summed E-state index contributed by atoms with van der Waals surface area (Å²) >= 11 is 1.61. The molecule has 0 spiro atoms. The first-order chi connectivity index (χ1) is 15.4. The van der Waals surface area contributed by atoms with E-state index < -0.39 is 18.0 Å². The van der Waals surface area contributed by atoms with Gasteiger partial charge in [0.15, 0.2) is 0 Å². The molecule has 32 heavy (non-hydrogen) atoms. The monoisotopic (exact) mass is 454 g/mol. The van der Waals surface area contributed by atoms with Crippen molar-refractivity contribution in [3.63, 3.8) is 0 Å². The molecule has 3 aliphatic rings. The van der Waals surface area contributed by atoms with E-state index in [1.807, 2.05) is 13.0 Å². The van der Waals surface area contributed by atoms with Crippen LogP contribution in [0.2, 0.25) is 0 Å². The van der Waals surface area contributed by atoms with Crippen molar-refractivity contribution in [1.29, 1.82) is 0 Å². The van der Waals surface area contributed by atoms with Crippen molar-refractivity contribution in [3.05, 3.63) is 47.2 Å². The van der Waals surface area contributed by atoms with Crippen molar-refractivity contribution in [2.45, 2.75) is 37.3 Å². The number of rotatable bonds is 6. The van der Waals surface area contributed by atoms with Crippen LogP contribution in [0.15, 0.2) is 46.5 Å². The third kappa shape index (κ3) is 2.89. The lowest BCUT2D eigenvalue weighted by Crippen LogP contribution is -2.63. The lowest BCUT2D eigenvalue weighted by atomic mass is 9.78. The van der Waals surface area contributed by atoms with Crippen LogP contribution in [0, 0.1) is 11.8 Å². The Balaban J connectivity index is 1.54. The smallest absolute Gasteiger partial charge is 0.354 e. The van der Waals surface area contributed by atoms with Crippen LogP contribution in [0.25, 0.3) is 10.8 Å². The van der Waals surface area contributed by atoms with E-state index >= 15 is 0 Å². The number of esters is 1. The van der Waals surface area contributed by atoms with Crippen molar-refractivity contribution in [3.8, 4) is 0 Å². The Labute approximate surface area is 190 Å². The van der Waals surface area contributed by atoms with Gasteiger partial charge in [0.1, 0.15) is 5.70 Å². The van der Waals surface area contributed by atoms with E-state index in [0.717, 1.165) is 32.5 Å². The fourth-order valence-electron chi connectivity index (χ4n) is 5.37. The summed E-state index contributed by atoms with van der Waals surface area (Å²) < 4.78 is 7.19. The maximum Gasteiger partial charge on any atom is 0.354 e. The van der Waals surface area contributed by atoms with Crippen LogP contribution in [-0.4, -0.2) is 59.4 Å². The van der Waals surface area contributed by atoms with Crippen molar-refractivity contribution >= 4 is 40.3 Å². The van der Waals surface area contributed by atoms with E-state index in [-0.39, 0.29) is 24.5 Å². The molecule has 2 N–H and O–H groups in total. The van der Waals surface area contributed by atoms with Crippen LogP contribution < -0.4 is 4.31 Å². The van der Waals surface area contributed by atoms with Gasteiger partial charge in [-0.1, -0.05) is 31.2 Å². The molecule has 1 fully saturated rings. The Morgan fingerprint density at radius 3 is 2.75 bits per heavy atom. The first kappa shape index (κ1) is 21.3. The van der Waals surface area contributed by atoms with Crippen LogP contribution in [-0.2, 0) is 20.7 Å². The zero-order valence-corrected chi connectivity index (χ0v) is 19.1. The second-order valence-electron chi connectivity index (χ2n) is 8.65. The number of β-lactam (4-membered cyclic amide) rings is 1. The molecule has 2 aromatic carbocycles. The molecular weight excluding hydrogens is 428 g/mol. The summed E-state index contributed by atoms with van der Waals surface area (Å²) in [5, 5.41) is 21.9. The van der Waals surface area contributed by atoms with Crippen molar-refractivity contribution < 1.29 is 24.5 Å². The topological polar surface area (TPSA) is 90.3 Å². The highest BCUT2D eigenvalue weighted by Crippen LogP contribution is 2.52. The normalized spacial score (nSPS) is 24.8. The number of benzene rings is 2. The van der Waals surface area contributed by atoms with Crippen LogP contribution in [0.1, 0.15) is 19.4 Å². The van der Waals surface area contributed by atoms with E-state index in [1.54, 1.807) is 18.9 Å². The van der Waals surface area contributed by atoms with Crippen LogP contribution >= 0.6 is 11.9 Å². The van der Waals surface area contributed by atoms with E-state index in [0.29, 0.717) is 18.7 Å². The molecule has 0 saturated carbocycles. The molecule has 1 saturated heterocycles. The minimum absolute atomic E-state index is 0.0788. The summed E-state index contributed by atoms with van der Waals surface area (Å²) in [4.78, 5) is 28.1. The van der Waals surface area contributed by atoms with Crippen LogP contribution in [0.5, 0.6) is 0 Å². The molecule has 7 nitrogen and oxygen atoms in total. The van der Waals surface area contributed by atoms with Gasteiger partial charge in [-0.15, -0.1) is 0 Å². The number of carbonyl (C=O) groups excluding carboxylic acids is 2. The minimum Gasteiger partial charge on any atom is -0.464 e. The second kappa shape index (κ2) is 7.79. The molecule has 0 aromatic heterocycles. The summed E-state index contributed by atoms with van der Waals surface area (Å²) in [6.07, 6.45) is -0.197. The third-order valence-electron chi connectivity index (χ3n) is 6.92. The number of fused-ring (bicyclic) bond motifs is 1. The zero-order valence-electron chi connectivity index (χ0n) is 18.2. The van der Waals surface area contributed by atoms with E-state index in [2.05, 4.69) is 28.6 Å². The third-order valence-corrected chi connectivity index (χ3v) is 8.11. The second-order valence-corrected chi connectivity index (χ2v) is 9.68. The number of carbonyl (C=O) groups is 2. The van der Waals surface area contributed by atoms with Crippen molar-refractivity contribution in [2.24, 2.45) is 11.8 Å². The van der Waals surface area contributed by atoms with E-state index in [9.17, 15) is 19.8 Å². The molecule has 8 heteroatoms. The zero-order chi connectivity index (χ0) is 22.7. The highest BCUT2D eigenvalue weighted by molar-refractivity contribution is 8.01. The number of aliphatic hydroxyl groups is 2. The van der Waals surface area contributed by atoms with Gasteiger partial charge in [0.2, 0.25) is 5.91 Å². The number of nitrogens with zero attached hydrogens (tertiary/aromatic N) is 2. The minimum atomic E-state index is -0.773. The molecule has 0 radical (unpaired) electrons. The average Bonchev–Trinajstić information content (AvgIpc) is 3.25.